The highest BCUT2D eigenvalue weighted by Gasteiger charge is 2.51. The highest BCUT2D eigenvalue weighted by molar-refractivity contribution is 5.90. The Hall–Kier alpha value is -4.73. The number of ether oxygens (including phenoxy) is 7. The molecule has 3 aromatic rings. The second-order valence-electron chi connectivity index (χ2n) is 13.6. The lowest BCUT2D eigenvalue weighted by atomic mass is 9.98. The number of phenolic OH excluding ortho intramolecular Hbond substituents is 3. The quantitative estimate of drug-likeness (QED) is 0.0362. The average molecular weight is 830 g/mol. The van der Waals surface area contributed by atoms with E-state index in [0.29, 0.717) is 0 Å². The van der Waals surface area contributed by atoms with Crippen molar-refractivity contribution in [2.24, 2.45) is 0 Å². The highest BCUT2D eigenvalue weighted by Crippen LogP contribution is 2.43. The summed E-state index contributed by atoms with van der Waals surface area (Å²) in [6.07, 6.45) is -25.7. The van der Waals surface area contributed by atoms with Crippen molar-refractivity contribution in [2.45, 2.75) is 92.4 Å². The maximum absolute atomic E-state index is 12.0. The van der Waals surface area contributed by atoms with Crippen molar-refractivity contribution in [3.05, 3.63) is 36.4 Å². The van der Waals surface area contributed by atoms with Crippen molar-refractivity contribution < 1.29 is 114 Å². The number of aliphatic carboxylic acids is 1. The average Bonchev–Trinajstić information content (AvgIpc) is 3.18. The van der Waals surface area contributed by atoms with Crippen LogP contribution in [0, 0.1) is 0 Å². The summed E-state index contributed by atoms with van der Waals surface area (Å²) in [6.45, 7) is -2.12. The number of aromatic hydroxyl groups is 3. The Kier molecular flexibility index (Phi) is 13.0. The summed E-state index contributed by atoms with van der Waals surface area (Å²) in [4.78, 5) is 23.0. The maximum atomic E-state index is 12.0. The molecular weight excluding hydrogens is 788 g/mol. The fourth-order valence-corrected chi connectivity index (χ4v) is 6.31. The van der Waals surface area contributed by atoms with Crippen LogP contribution >= 0.6 is 0 Å². The first-order valence-corrected chi connectivity index (χ1v) is 17.5. The molecule has 0 saturated carbocycles. The molecule has 0 aliphatic carbocycles. The van der Waals surface area contributed by atoms with Crippen LogP contribution in [0.1, 0.15) is 6.42 Å². The number of aliphatic hydroxyl groups is 9. The molecule has 3 saturated heterocycles. The summed E-state index contributed by atoms with van der Waals surface area (Å²) < 4.78 is 45.0. The molecule has 3 fully saturated rings. The van der Waals surface area contributed by atoms with Gasteiger partial charge in [-0.3, -0.25) is 9.59 Å². The molecule has 23 nitrogen and oxygen atoms in total. The molecule has 14 atom stereocenters. The zero-order valence-electron chi connectivity index (χ0n) is 29.8. The van der Waals surface area contributed by atoms with Gasteiger partial charge in [0.15, 0.2) is 23.9 Å². The predicted octanol–water partition coefficient (Wildman–Crippen LogP) is -3.66. The number of carbonyl (C=O) groups excluding carboxylic acids is 1. The number of carbonyl (C=O) groups is 2. The molecule has 23 heteroatoms. The predicted molar refractivity (Wildman–Crippen MR) is 183 cm³/mol. The van der Waals surface area contributed by atoms with Crippen LogP contribution in [0.25, 0.3) is 22.3 Å². The Labute approximate surface area is 325 Å². The fourth-order valence-electron chi connectivity index (χ4n) is 6.31. The van der Waals surface area contributed by atoms with E-state index in [4.69, 9.17) is 42.7 Å². The molecule has 3 aliphatic heterocycles. The Morgan fingerprint density at radius 2 is 1.41 bits per heavy atom. The zero-order chi connectivity index (χ0) is 42.2. The number of rotatable bonds is 12. The molecule has 1 aromatic heterocycles. The number of hydrogen-bond acceptors (Lipinski definition) is 21. The van der Waals surface area contributed by atoms with E-state index in [0.717, 1.165) is 24.3 Å². The Morgan fingerprint density at radius 1 is 0.724 bits per heavy atom. The van der Waals surface area contributed by atoms with Crippen molar-refractivity contribution >= 4 is 22.9 Å². The van der Waals surface area contributed by atoms with Gasteiger partial charge in [-0.15, -0.1) is 0 Å². The van der Waals surface area contributed by atoms with E-state index in [1.165, 1.54) is 12.1 Å². The minimum Gasteiger partial charge on any atom is -0.507 e. The largest absolute Gasteiger partial charge is 0.507 e. The van der Waals surface area contributed by atoms with Crippen LogP contribution in [-0.4, -0.2) is 184 Å². The van der Waals surface area contributed by atoms with Crippen LogP contribution in [0.2, 0.25) is 0 Å². The summed E-state index contributed by atoms with van der Waals surface area (Å²) in [6, 6.07) is 6.77. The van der Waals surface area contributed by atoms with Gasteiger partial charge in [-0.2, -0.15) is 0 Å². The van der Waals surface area contributed by atoms with Gasteiger partial charge in [-0.25, -0.2) is 4.42 Å². The van der Waals surface area contributed by atoms with Crippen molar-refractivity contribution in [2.75, 3.05) is 19.8 Å². The van der Waals surface area contributed by atoms with Gasteiger partial charge >= 0.3 is 23.3 Å². The summed E-state index contributed by atoms with van der Waals surface area (Å²) in [5.41, 5.74) is -0.195. The molecule has 0 radical (unpaired) electrons. The van der Waals surface area contributed by atoms with Crippen molar-refractivity contribution in [1.82, 2.24) is 0 Å². The van der Waals surface area contributed by atoms with Gasteiger partial charge in [0.1, 0.15) is 91.0 Å². The van der Waals surface area contributed by atoms with Crippen LogP contribution in [-0.2, 0) is 33.3 Å². The molecular formula is C35H41O23+. The smallest absolute Gasteiger partial charge is 0.402 e. The van der Waals surface area contributed by atoms with Gasteiger partial charge in [0, 0.05) is 18.2 Å². The summed E-state index contributed by atoms with van der Waals surface area (Å²) >= 11 is 0. The first-order chi connectivity index (χ1) is 27.5. The molecule has 58 heavy (non-hydrogen) atoms. The second-order valence-corrected chi connectivity index (χ2v) is 13.6. The molecule has 6 rings (SSSR count). The van der Waals surface area contributed by atoms with Crippen LogP contribution in [0.3, 0.4) is 0 Å². The number of esters is 1. The third-order valence-corrected chi connectivity index (χ3v) is 9.48. The Balaban J connectivity index is 1.39. The fraction of sp³-hybridized carbons (Fsp3) is 0.514. The number of carboxylic acid groups (broad SMARTS) is 1. The van der Waals surface area contributed by atoms with Crippen LogP contribution in [0.15, 0.2) is 40.8 Å². The van der Waals surface area contributed by atoms with Gasteiger partial charge in [0.25, 0.3) is 0 Å². The van der Waals surface area contributed by atoms with E-state index in [-0.39, 0.29) is 33.8 Å². The topological polar surface area (TPSA) is 373 Å². The number of fused-ring (bicyclic) bond motifs is 1. The third-order valence-electron chi connectivity index (χ3n) is 9.48. The molecule has 13 N–H and O–H groups in total. The summed E-state index contributed by atoms with van der Waals surface area (Å²) in [5.74, 6) is -5.41. The van der Waals surface area contributed by atoms with E-state index >= 15 is 0 Å². The van der Waals surface area contributed by atoms with Gasteiger partial charge in [0.2, 0.25) is 18.3 Å². The molecule has 318 valence electrons. The summed E-state index contributed by atoms with van der Waals surface area (Å²) in [7, 11) is 0. The second kappa shape index (κ2) is 17.6. The molecule has 4 heterocycles. The highest BCUT2D eigenvalue weighted by atomic mass is 16.8. The minimum absolute atomic E-state index is 0.0110. The number of hydrogen-bond donors (Lipinski definition) is 13. The van der Waals surface area contributed by atoms with E-state index in [2.05, 4.69) is 0 Å². The number of benzene rings is 2. The molecule has 0 spiro atoms. The molecule has 0 unspecified atom stereocenters. The summed E-state index contributed by atoms with van der Waals surface area (Å²) in [5, 5.41) is 134. The van der Waals surface area contributed by atoms with Crippen molar-refractivity contribution in [3.63, 3.8) is 0 Å². The Bertz CT molecular complexity index is 1940. The lowest BCUT2D eigenvalue weighted by Gasteiger charge is -2.44. The van der Waals surface area contributed by atoms with Crippen molar-refractivity contribution in [1.29, 1.82) is 0 Å². The molecule has 2 aromatic carbocycles. The maximum Gasteiger partial charge on any atom is 0.402 e. The van der Waals surface area contributed by atoms with Gasteiger partial charge in [-0.1, -0.05) is 0 Å². The van der Waals surface area contributed by atoms with E-state index in [9.17, 15) is 70.9 Å². The van der Waals surface area contributed by atoms with E-state index in [1.807, 2.05) is 0 Å². The van der Waals surface area contributed by atoms with Crippen molar-refractivity contribution in [3.8, 4) is 40.1 Å². The van der Waals surface area contributed by atoms with Gasteiger partial charge < -0.3 is 99.5 Å². The molecule has 0 bridgehead atoms. The standard InChI is InChI=1S/C35H40O23/c36-8-20-25(45)27(47)30(50)34(56-20)53-12-4-15(38)13-6-19(31(54-18(13)5-12)11-1-2-14(37)16(39)3-11)55-35-32(58-33-29(49)24(44)17(40)9-52-33)28(48)26(46)21(57-35)10-51-23(43)7-22(41)42/h1-6,17,20-21,24-30,32-36,40,44-50H,7-10H2,(H3-,37,38,39,41,42)/p+1/t17-,20+,21-,24+,25+,26-,27-,28+,29-,30+,32-,33+,34+,35-/m0/s1. The van der Waals surface area contributed by atoms with Crippen LogP contribution in [0.5, 0.6) is 28.7 Å². The number of phenols is 3. The van der Waals surface area contributed by atoms with Gasteiger partial charge in [0.05, 0.1) is 24.8 Å². The number of carboxylic acids is 1. The number of aliphatic hydroxyl groups excluding tert-OH is 9. The first kappa shape index (κ1) is 42.9. The lowest BCUT2D eigenvalue weighted by molar-refractivity contribution is -0.345. The minimum atomic E-state index is -2.03. The lowest BCUT2D eigenvalue weighted by Crippen LogP contribution is -2.64. The molecule has 3 aliphatic rings. The van der Waals surface area contributed by atoms with E-state index in [1.54, 1.807) is 0 Å². The van der Waals surface area contributed by atoms with Crippen LogP contribution in [0.4, 0.5) is 0 Å². The van der Waals surface area contributed by atoms with Gasteiger partial charge in [-0.05, 0) is 12.1 Å². The van der Waals surface area contributed by atoms with E-state index < -0.39 is 141 Å². The monoisotopic (exact) mass is 829 g/mol. The third kappa shape index (κ3) is 8.96. The zero-order valence-corrected chi connectivity index (χ0v) is 29.8. The first-order valence-electron chi connectivity index (χ1n) is 17.5. The molecule has 0 amide bonds. The SMILES string of the molecule is O=C(O)CC(=O)OC[C@@H]1O[C@H](Oc2cc3c(O)cc(O[C@@H]4O[C@H](CO)[C@@H](O)[C@H](O)[C@H]4O)cc3[o+]c2-c2ccc(O)c(O)c2)[C@@H](O[C@H]2OC[C@H](O)[C@@H](O)[C@@H]2O)[C@H](O)[C@H]1O. The van der Waals surface area contributed by atoms with Crippen LogP contribution < -0.4 is 9.47 Å². The Morgan fingerprint density at radius 3 is 2.10 bits per heavy atom. The normalized spacial score (nSPS) is 34.0.